The van der Waals surface area contributed by atoms with E-state index in [1.54, 1.807) is 0 Å². The van der Waals surface area contributed by atoms with Crippen LogP contribution in [-0.4, -0.2) is 24.0 Å². The highest BCUT2D eigenvalue weighted by Crippen LogP contribution is 2.45. The van der Waals surface area contributed by atoms with Crippen LogP contribution < -0.4 is 15.4 Å². The summed E-state index contributed by atoms with van der Waals surface area (Å²) in [6.07, 6.45) is 20.8. The van der Waals surface area contributed by atoms with E-state index in [0.29, 0.717) is 24.7 Å². The van der Waals surface area contributed by atoms with Crippen LogP contribution in [0, 0.1) is 5.92 Å². The molecule has 35 heavy (non-hydrogen) atoms. The Morgan fingerprint density at radius 3 is 2.86 bits per heavy atom. The molecule has 5 nitrogen and oxygen atoms in total. The van der Waals surface area contributed by atoms with Crippen LogP contribution in [0.5, 0.6) is 5.75 Å². The number of benzene rings is 1. The zero-order valence-electron chi connectivity index (χ0n) is 20.9. The van der Waals surface area contributed by atoms with E-state index in [0.717, 1.165) is 35.6 Å². The van der Waals surface area contributed by atoms with Crippen molar-refractivity contribution in [1.29, 1.82) is 0 Å². The van der Waals surface area contributed by atoms with E-state index >= 15 is 0 Å². The predicted octanol–water partition coefficient (Wildman–Crippen LogP) is 6.45. The van der Waals surface area contributed by atoms with Crippen molar-refractivity contribution in [2.24, 2.45) is 5.92 Å². The number of para-hydroxylation sites is 1. The van der Waals surface area contributed by atoms with Gasteiger partial charge in [0.1, 0.15) is 18.0 Å². The maximum absolute atomic E-state index is 10.7. The molecule has 0 saturated carbocycles. The molecular weight excluding hydrogens is 436 g/mol. The van der Waals surface area contributed by atoms with Gasteiger partial charge in [0.05, 0.1) is 18.4 Å². The van der Waals surface area contributed by atoms with E-state index in [1.165, 1.54) is 24.8 Å². The lowest BCUT2D eigenvalue weighted by Gasteiger charge is -2.34. The second kappa shape index (κ2) is 10.8. The minimum Gasteiger partial charge on any atom is -0.512 e. The summed E-state index contributed by atoms with van der Waals surface area (Å²) in [7, 11) is 0. The Balaban J connectivity index is 1.43. The number of nitrogens with one attached hydrogen (secondary N) is 2. The summed E-state index contributed by atoms with van der Waals surface area (Å²) in [5.74, 6) is 2.95. The first-order valence-electron chi connectivity index (χ1n) is 13.3. The molecule has 5 atom stereocenters. The second-order valence-corrected chi connectivity index (χ2v) is 9.97. The highest BCUT2D eigenvalue weighted by molar-refractivity contribution is 5.53. The normalized spacial score (nSPS) is 27.5. The van der Waals surface area contributed by atoms with Crippen molar-refractivity contribution in [3.8, 4) is 5.75 Å². The molecule has 0 bridgehead atoms. The molecular formula is C30H38N2O3. The number of allylic oxidation sites excluding steroid dienone is 4. The first kappa shape index (κ1) is 23.8. The Morgan fingerprint density at radius 1 is 1.17 bits per heavy atom. The molecule has 0 spiro atoms. The number of aliphatic hydroxyl groups excluding tert-OH is 1. The summed E-state index contributed by atoms with van der Waals surface area (Å²) in [5.41, 5.74) is 3.21. The molecule has 0 amide bonds. The third-order valence-electron chi connectivity index (χ3n) is 7.57. The van der Waals surface area contributed by atoms with Gasteiger partial charge in [-0.3, -0.25) is 5.32 Å². The Hall–Kier alpha value is -2.92. The minimum atomic E-state index is -0.244. The molecule has 3 N–H and O–H groups in total. The van der Waals surface area contributed by atoms with Crippen molar-refractivity contribution in [3.63, 3.8) is 0 Å². The fraction of sp³-hybridized carbons (Fsp3) is 0.467. The van der Waals surface area contributed by atoms with Gasteiger partial charge in [-0.2, -0.15) is 0 Å². The lowest BCUT2D eigenvalue weighted by molar-refractivity contribution is 0.126. The molecule has 0 radical (unpaired) electrons. The zero-order valence-corrected chi connectivity index (χ0v) is 20.9. The summed E-state index contributed by atoms with van der Waals surface area (Å²) in [4.78, 5) is 0. The fourth-order valence-electron chi connectivity index (χ4n) is 5.42. The molecule has 4 aliphatic rings. The number of hydrogen-bond acceptors (Lipinski definition) is 5. The average molecular weight is 475 g/mol. The SMILES string of the molecule is CCCCC(CC)COC1=CC(c2cccc3c2OC2C=CC=CC32)NC(C2=C(O)CCC=C2)N1. The van der Waals surface area contributed by atoms with Crippen LogP contribution in [0.15, 0.2) is 77.9 Å². The number of ether oxygens (including phenoxy) is 2. The summed E-state index contributed by atoms with van der Waals surface area (Å²) < 4.78 is 12.8. The third-order valence-corrected chi connectivity index (χ3v) is 7.57. The van der Waals surface area contributed by atoms with Crippen LogP contribution in [0.3, 0.4) is 0 Å². The largest absolute Gasteiger partial charge is 0.512 e. The van der Waals surface area contributed by atoms with Gasteiger partial charge >= 0.3 is 0 Å². The van der Waals surface area contributed by atoms with E-state index < -0.39 is 0 Å². The number of unbranched alkanes of at least 4 members (excludes halogenated alkanes) is 1. The molecule has 0 fully saturated rings. The van der Waals surface area contributed by atoms with Gasteiger partial charge in [-0.15, -0.1) is 0 Å². The third kappa shape index (κ3) is 5.06. The van der Waals surface area contributed by atoms with Crippen molar-refractivity contribution in [2.75, 3.05) is 6.61 Å². The molecule has 186 valence electrons. The van der Waals surface area contributed by atoms with Crippen molar-refractivity contribution in [2.45, 2.75) is 76.6 Å². The number of aliphatic hydroxyl groups is 1. The quantitative estimate of drug-likeness (QED) is 0.384. The van der Waals surface area contributed by atoms with Crippen molar-refractivity contribution in [3.05, 3.63) is 89.1 Å². The molecule has 2 aliphatic heterocycles. The summed E-state index contributed by atoms with van der Waals surface area (Å²) in [5, 5.41) is 17.9. The summed E-state index contributed by atoms with van der Waals surface area (Å²) in [6.45, 7) is 5.17. The molecule has 2 aliphatic carbocycles. The average Bonchev–Trinajstić information content (AvgIpc) is 3.28. The fourth-order valence-corrected chi connectivity index (χ4v) is 5.42. The van der Waals surface area contributed by atoms with Gasteiger partial charge in [-0.25, -0.2) is 0 Å². The van der Waals surface area contributed by atoms with Crippen molar-refractivity contribution in [1.82, 2.24) is 10.6 Å². The van der Waals surface area contributed by atoms with Crippen LogP contribution in [0.25, 0.3) is 0 Å². The number of hydrogen-bond donors (Lipinski definition) is 3. The number of fused-ring (bicyclic) bond motifs is 3. The van der Waals surface area contributed by atoms with E-state index in [1.807, 2.05) is 6.08 Å². The molecule has 5 unspecified atom stereocenters. The molecule has 2 heterocycles. The Bertz CT molecular complexity index is 1070. The van der Waals surface area contributed by atoms with Crippen LogP contribution in [0.4, 0.5) is 0 Å². The maximum atomic E-state index is 10.7. The van der Waals surface area contributed by atoms with E-state index in [9.17, 15) is 5.11 Å². The van der Waals surface area contributed by atoms with Gasteiger partial charge in [0.25, 0.3) is 0 Å². The number of rotatable bonds is 9. The Morgan fingerprint density at radius 2 is 2.03 bits per heavy atom. The van der Waals surface area contributed by atoms with E-state index in [2.05, 4.69) is 79.1 Å². The van der Waals surface area contributed by atoms with E-state index in [4.69, 9.17) is 9.47 Å². The van der Waals surface area contributed by atoms with E-state index in [-0.39, 0.29) is 24.2 Å². The Labute approximate surface area is 209 Å². The molecule has 0 saturated heterocycles. The highest BCUT2D eigenvalue weighted by atomic mass is 16.5. The molecule has 1 aromatic rings. The predicted molar refractivity (Wildman–Crippen MR) is 140 cm³/mol. The van der Waals surface area contributed by atoms with Gasteiger partial charge in [0.15, 0.2) is 5.88 Å². The van der Waals surface area contributed by atoms with Gasteiger partial charge in [-0.1, -0.05) is 81.7 Å². The lowest BCUT2D eigenvalue weighted by Crippen LogP contribution is -2.49. The molecule has 5 heteroatoms. The van der Waals surface area contributed by atoms with Gasteiger partial charge < -0.3 is 19.9 Å². The summed E-state index contributed by atoms with van der Waals surface area (Å²) in [6, 6.07) is 6.32. The molecule has 0 aromatic heterocycles. The van der Waals surface area contributed by atoms with Crippen molar-refractivity contribution < 1.29 is 14.6 Å². The van der Waals surface area contributed by atoms with Crippen LogP contribution in [0.1, 0.15) is 75.5 Å². The van der Waals surface area contributed by atoms with Crippen LogP contribution in [-0.2, 0) is 4.74 Å². The van der Waals surface area contributed by atoms with Crippen LogP contribution >= 0.6 is 0 Å². The van der Waals surface area contributed by atoms with Gasteiger partial charge in [0.2, 0.25) is 0 Å². The summed E-state index contributed by atoms with van der Waals surface area (Å²) >= 11 is 0. The maximum Gasteiger partial charge on any atom is 0.185 e. The first-order chi connectivity index (χ1) is 17.2. The smallest absolute Gasteiger partial charge is 0.185 e. The topological polar surface area (TPSA) is 62.8 Å². The van der Waals surface area contributed by atoms with Gasteiger partial charge in [0, 0.05) is 29.0 Å². The Kier molecular flexibility index (Phi) is 7.33. The zero-order chi connectivity index (χ0) is 24.2. The highest BCUT2D eigenvalue weighted by Gasteiger charge is 2.36. The molecule has 1 aromatic carbocycles. The van der Waals surface area contributed by atoms with Gasteiger partial charge in [-0.05, 0) is 30.9 Å². The van der Waals surface area contributed by atoms with Crippen molar-refractivity contribution >= 4 is 0 Å². The minimum absolute atomic E-state index is 0.0465. The monoisotopic (exact) mass is 474 g/mol. The molecule has 5 rings (SSSR count). The second-order valence-electron chi connectivity index (χ2n) is 9.97. The standard InChI is InChI=1S/C30H38N2O3/c1-3-5-11-20(4-2)19-34-28-18-25(31-30(32-28)24-13-6-8-16-26(24)33)23-15-10-14-22-21-12-7-9-17-27(21)35-29(22)23/h6-7,9-10,12-15,17-18,20-21,25,27,30-33H,3-5,8,11,16,19H2,1-2H3. The van der Waals surface area contributed by atoms with Crippen LogP contribution in [0.2, 0.25) is 0 Å². The lowest BCUT2D eigenvalue weighted by atomic mass is 9.90. The first-order valence-corrected chi connectivity index (χ1v) is 13.3.